The van der Waals surface area contributed by atoms with Crippen LogP contribution in [-0.4, -0.2) is 47.2 Å². The van der Waals surface area contributed by atoms with E-state index in [0.29, 0.717) is 49.1 Å². The number of nitrogens with zero attached hydrogens (tertiary/aromatic N) is 2. The second-order valence-corrected chi connectivity index (χ2v) is 7.14. The minimum Gasteiger partial charge on any atom is -0.486 e. The van der Waals surface area contributed by atoms with E-state index in [0.717, 1.165) is 18.4 Å². The predicted molar refractivity (Wildman–Crippen MR) is 100.0 cm³/mol. The second kappa shape index (κ2) is 7.56. The Hall–Kier alpha value is -2.60. The molecule has 0 aliphatic carbocycles. The van der Waals surface area contributed by atoms with Gasteiger partial charge in [0.15, 0.2) is 11.5 Å². The van der Waals surface area contributed by atoms with Gasteiger partial charge < -0.3 is 19.5 Å². The third-order valence-electron chi connectivity index (χ3n) is 5.38. The number of carbonyl (C=O) groups is 1. The molecular weight excluding hydrogens is 344 g/mol. The molecule has 0 radical (unpaired) electrons. The summed E-state index contributed by atoms with van der Waals surface area (Å²) in [6.07, 6.45) is 2.63. The SMILES string of the molecule is Cc1cc2c(cc1C(=O)N1CCC(C(O)c3ccccn3)CC1)OCCO2. The van der Waals surface area contributed by atoms with Crippen molar-refractivity contribution in [3.8, 4) is 11.5 Å². The van der Waals surface area contributed by atoms with Crippen molar-refractivity contribution < 1.29 is 19.4 Å². The smallest absolute Gasteiger partial charge is 0.254 e. The Labute approximate surface area is 158 Å². The van der Waals surface area contributed by atoms with Crippen molar-refractivity contribution in [1.29, 1.82) is 0 Å². The van der Waals surface area contributed by atoms with Crippen LogP contribution < -0.4 is 9.47 Å². The van der Waals surface area contributed by atoms with Crippen LogP contribution in [0.4, 0.5) is 0 Å². The molecule has 2 aromatic rings. The van der Waals surface area contributed by atoms with E-state index >= 15 is 0 Å². The Morgan fingerprint density at radius 1 is 1.19 bits per heavy atom. The second-order valence-electron chi connectivity index (χ2n) is 7.14. The van der Waals surface area contributed by atoms with Crippen LogP contribution in [0.25, 0.3) is 0 Å². The van der Waals surface area contributed by atoms with Crippen LogP contribution in [0.5, 0.6) is 11.5 Å². The number of piperidine rings is 1. The van der Waals surface area contributed by atoms with Crippen molar-refractivity contribution in [2.24, 2.45) is 5.92 Å². The number of rotatable bonds is 3. The van der Waals surface area contributed by atoms with Gasteiger partial charge in [0.05, 0.1) is 11.8 Å². The van der Waals surface area contributed by atoms with E-state index in [1.165, 1.54) is 0 Å². The van der Waals surface area contributed by atoms with Gasteiger partial charge in [0.25, 0.3) is 5.91 Å². The van der Waals surface area contributed by atoms with Gasteiger partial charge >= 0.3 is 0 Å². The molecule has 1 unspecified atom stereocenters. The Morgan fingerprint density at radius 3 is 2.56 bits per heavy atom. The number of fused-ring (bicyclic) bond motifs is 1. The molecule has 6 nitrogen and oxygen atoms in total. The maximum atomic E-state index is 13.0. The number of aliphatic hydroxyl groups excluding tert-OH is 1. The zero-order chi connectivity index (χ0) is 18.8. The Morgan fingerprint density at radius 2 is 1.89 bits per heavy atom. The van der Waals surface area contributed by atoms with Gasteiger partial charge in [0, 0.05) is 24.8 Å². The highest BCUT2D eigenvalue weighted by atomic mass is 16.6. The van der Waals surface area contributed by atoms with Gasteiger partial charge in [-0.3, -0.25) is 9.78 Å². The van der Waals surface area contributed by atoms with Crippen LogP contribution in [0, 0.1) is 12.8 Å². The maximum Gasteiger partial charge on any atom is 0.254 e. The lowest BCUT2D eigenvalue weighted by Gasteiger charge is -2.34. The molecule has 1 atom stereocenters. The largest absolute Gasteiger partial charge is 0.486 e. The fraction of sp³-hybridized carbons (Fsp3) is 0.429. The zero-order valence-corrected chi connectivity index (χ0v) is 15.4. The molecule has 142 valence electrons. The van der Waals surface area contributed by atoms with Crippen molar-refractivity contribution in [3.05, 3.63) is 53.3 Å². The normalized spacial score (nSPS) is 18.2. The molecule has 27 heavy (non-hydrogen) atoms. The average molecular weight is 368 g/mol. The van der Waals surface area contributed by atoms with Crippen LogP contribution in [0.3, 0.4) is 0 Å². The topological polar surface area (TPSA) is 71.9 Å². The number of aryl methyl sites for hydroxylation is 1. The van der Waals surface area contributed by atoms with Gasteiger partial charge in [-0.15, -0.1) is 0 Å². The molecule has 1 N–H and O–H groups in total. The molecule has 0 spiro atoms. The van der Waals surface area contributed by atoms with Crippen LogP contribution in [0.1, 0.15) is 40.6 Å². The first-order valence-corrected chi connectivity index (χ1v) is 9.42. The molecule has 1 fully saturated rings. The average Bonchev–Trinajstić information content (AvgIpc) is 2.73. The molecule has 1 saturated heterocycles. The first-order valence-electron chi connectivity index (χ1n) is 9.42. The molecule has 6 heteroatoms. The highest BCUT2D eigenvalue weighted by Gasteiger charge is 2.30. The number of amides is 1. The summed E-state index contributed by atoms with van der Waals surface area (Å²) in [5.41, 5.74) is 2.24. The Kier molecular flexibility index (Phi) is 4.99. The highest BCUT2D eigenvalue weighted by Crippen LogP contribution is 2.35. The number of aliphatic hydroxyl groups is 1. The van der Waals surface area contributed by atoms with Crippen molar-refractivity contribution in [2.45, 2.75) is 25.9 Å². The van der Waals surface area contributed by atoms with Gasteiger partial charge in [-0.2, -0.15) is 0 Å². The van der Waals surface area contributed by atoms with Gasteiger partial charge in [0.2, 0.25) is 0 Å². The van der Waals surface area contributed by atoms with E-state index in [-0.39, 0.29) is 11.8 Å². The molecular formula is C21H24N2O4. The van der Waals surface area contributed by atoms with Crippen LogP contribution in [0.15, 0.2) is 36.5 Å². The number of pyridine rings is 1. The summed E-state index contributed by atoms with van der Waals surface area (Å²) in [5, 5.41) is 10.6. The molecule has 1 aromatic heterocycles. The van der Waals surface area contributed by atoms with E-state index in [4.69, 9.17) is 9.47 Å². The standard InChI is InChI=1S/C21H24N2O4/c1-14-12-18-19(27-11-10-26-18)13-16(14)21(25)23-8-5-15(6-9-23)20(24)17-4-2-3-7-22-17/h2-4,7,12-13,15,20,24H,5-6,8-11H2,1H3. The fourth-order valence-electron chi connectivity index (χ4n) is 3.80. The number of benzene rings is 1. The predicted octanol–water partition coefficient (Wildman–Crippen LogP) is 2.75. The first-order chi connectivity index (χ1) is 13.1. The maximum absolute atomic E-state index is 13.0. The van der Waals surface area contributed by atoms with E-state index < -0.39 is 6.10 Å². The fourth-order valence-corrected chi connectivity index (χ4v) is 3.80. The molecule has 0 bridgehead atoms. The molecule has 2 aliphatic heterocycles. The third-order valence-corrected chi connectivity index (χ3v) is 5.38. The van der Waals surface area contributed by atoms with Crippen molar-refractivity contribution >= 4 is 5.91 Å². The minimum atomic E-state index is -0.584. The van der Waals surface area contributed by atoms with Crippen molar-refractivity contribution in [1.82, 2.24) is 9.88 Å². The van der Waals surface area contributed by atoms with Gasteiger partial charge in [-0.05, 0) is 55.5 Å². The highest BCUT2D eigenvalue weighted by molar-refractivity contribution is 5.96. The van der Waals surface area contributed by atoms with Gasteiger partial charge in [0.1, 0.15) is 13.2 Å². The summed E-state index contributed by atoms with van der Waals surface area (Å²) in [5.74, 6) is 1.46. The summed E-state index contributed by atoms with van der Waals surface area (Å²) >= 11 is 0. The molecule has 3 heterocycles. The number of likely N-dealkylation sites (tertiary alicyclic amines) is 1. The monoisotopic (exact) mass is 368 g/mol. The molecule has 4 rings (SSSR count). The van der Waals surface area contributed by atoms with Crippen molar-refractivity contribution in [3.63, 3.8) is 0 Å². The lowest BCUT2D eigenvalue weighted by Crippen LogP contribution is -2.40. The zero-order valence-electron chi connectivity index (χ0n) is 15.4. The molecule has 2 aliphatic rings. The van der Waals surface area contributed by atoms with Crippen molar-refractivity contribution in [2.75, 3.05) is 26.3 Å². The van der Waals surface area contributed by atoms with E-state index in [2.05, 4.69) is 4.98 Å². The number of carbonyl (C=O) groups excluding carboxylic acids is 1. The van der Waals surface area contributed by atoms with Crippen LogP contribution >= 0.6 is 0 Å². The third kappa shape index (κ3) is 3.62. The number of hydrogen-bond donors (Lipinski definition) is 1. The minimum absolute atomic E-state index is 0.00949. The number of aromatic nitrogens is 1. The summed E-state index contributed by atoms with van der Waals surface area (Å²) in [4.78, 5) is 19.1. The molecule has 1 amide bonds. The summed E-state index contributed by atoms with van der Waals surface area (Å²) in [6, 6.07) is 9.24. The van der Waals surface area contributed by atoms with E-state index in [1.54, 1.807) is 12.3 Å². The van der Waals surface area contributed by atoms with Gasteiger partial charge in [-0.25, -0.2) is 0 Å². The molecule has 0 saturated carbocycles. The summed E-state index contributed by atoms with van der Waals surface area (Å²) < 4.78 is 11.2. The van der Waals surface area contributed by atoms with E-state index in [1.807, 2.05) is 36.1 Å². The Balaban J connectivity index is 1.43. The Bertz CT molecular complexity index is 816. The van der Waals surface area contributed by atoms with E-state index in [9.17, 15) is 9.90 Å². The lowest BCUT2D eigenvalue weighted by atomic mass is 9.89. The molecule has 1 aromatic carbocycles. The number of hydrogen-bond acceptors (Lipinski definition) is 5. The van der Waals surface area contributed by atoms with Crippen LogP contribution in [-0.2, 0) is 0 Å². The number of ether oxygens (including phenoxy) is 2. The quantitative estimate of drug-likeness (QED) is 0.902. The first kappa shape index (κ1) is 17.8. The lowest BCUT2D eigenvalue weighted by molar-refractivity contribution is 0.0446. The van der Waals surface area contributed by atoms with Gasteiger partial charge in [-0.1, -0.05) is 6.07 Å². The van der Waals surface area contributed by atoms with Crippen LogP contribution in [0.2, 0.25) is 0 Å². The summed E-state index contributed by atoms with van der Waals surface area (Å²) in [7, 11) is 0. The summed E-state index contributed by atoms with van der Waals surface area (Å²) in [6.45, 7) is 4.21.